The Labute approximate surface area is 157 Å². The third-order valence-electron chi connectivity index (χ3n) is 4.04. The van der Waals surface area contributed by atoms with Crippen molar-refractivity contribution < 1.29 is 4.79 Å². The summed E-state index contributed by atoms with van der Waals surface area (Å²) >= 11 is 1.38. The number of hydrogen-bond donors (Lipinski definition) is 1. The van der Waals surface area contributed by atoms with Crippen molar-refractivity contribution in [2.24, 2.45) is 0 Å². The molecule has 0 radical (unpaired) electrons. The van der Waals surface area contributed by atoms with Crippen LogP contribution in [0.3, 0.4) is 0 Å². The number of benzene rings is 2. The van der Waals surface area contributed by atoms with Gasteiger partial charge in [-0.2, -0.15) is 5.26 Å². The number of aromatic amines is 1. The molecular formula is C20H20N4OS. The summed E-state index contributed by atoms with van der Waals surface area (Å²) in [7, 11) is 0. The van der Waals surface area contributed by atoms with Crippen LogP contribution >= 0.6 is 11.8 Å². The number of aromatic nitrogens is 2. The third-order valence-corrected chi connectivity index (χ3v) is 4.90. The van der Waals surface area contributed by atoms with Gasteiger partial charge in [0.25, 0.3) is 0 Å². The summed E-state index contributed by atoms with van der Waals surface area (Å²) < 4.78 is 0. The zero-order valence-corrected chi connectivity index (χ0v) is 15.6. The molecule has 0 aliphatic rings. The molecule has 0 unspecified atom stereocenters. The Kier molecular flexibility index (Phi) is 5.59. The number of nitrogens with zero attached hydrogens (tertiary/aromatic N) is 3. The van der Waals surface area contributed by atoms with Gasteiger partial charge in [0.05, 0.1) is 29.3 Å². The Bertz CT molecular complexity index is 956. The average Bonchev–Trinajstić information content (AvgIpc) is 3.03. The minimum Gasteiger partial charge on any atom is -0.333 e. The molecule has 26 heavy (non-hydrogen) atoms. The summed E-state index contributed by atoms with van der Waals surface area (Å²) in [4.78, 5) is 22.2. The number of fused-ring (bicyclic) bond motifs is 1. The summed E-state index contributed by atoms with van der Waals surface area (Å²) in [6.07, 6.45) is 0.300. The second-order valence-corrected chi connectivity index (χ2v) is 7.10. The number of nitrogens with one attached hydrogen (secondary N) is 1. The molecule has 0 bridgehead atoms. The van der Waals surface area contributed by atoms with Crippen molar-refractivity contribution in [3.05, 3.63) is 53.6 Å². The van der Waals surface area contributed by atoms with Crippen molar-refractivity contribution in [1.29, 1.82) is 5.26 Å². The van der Waals surface area contributed by atoms with E-state index < -0.39 is 0 Å². The van der Waals surface area contributed by atoms with E-state index in [1.807, 2.05) is 56.3 Å². The summed E-state index contributed by atoms with van der Waals surface area (Å²) in [5.74, 6) is 0.226. The topological polar surface area (TPSA) is 72.8 Å². The third kappa shape index (κ3) is 4.24. The first-order valence-electron chi connectivity index (χ1n) is 8.40. The predicted octanol–water partition coefficient (Wildman–Crippen LogP) is 4.22. The highest BCUT2D eigenvalue weighted by Gasteiger charge is 2.16. The molecule has 3 rings (SSSR count). The Morgan fingerprint density at radius 1 is 1.19 bits per heavy atom. The van der Waals surface area contributed by atoms with E-state index in [1.165, 1.54) is 11.8 Å². The molecule has 6 heteroatoms. The predicted molar refractivity (Wildman–Crippen MR) is 105 cm³/mol. The van der Waals surface area contributed by atoms with Gasteiger partial charge in [-0.25, -0.2) is 4.98 Å². The van der Waals surface area contributed by atoms with Crippen LogP contribution in [0.1, 0.15) is 17.5 Å². The number of aryl methyl sites for hydroxylation is 2. The zero-order valence-electron chi connectivity index (χ0n) is 14.8. The molecule has 0 atom stereocenters. The quantitative estimate of drug-likeness (QED) is 0.665. The summed E-state index contributed by atoms with van der Waals surface area (Å²) in [6, 6.07) is 15.9. The number of carbonyl (C=O) groups excluding carboxylic acids is 1. The second kappa shape index (κ2) is 8.07. The summed E-state index contributed by atoms with van der Waals surface area (Å²) in [5, 5.41) is 9.62. The zero-order chi connectivity index (χ0) is 18.5. The highest BCUT2D eigenvalue weighted by Crippen LogP contribution is 2.22. The van der Waals surface area contributed by atoms with Gasteiger partial charge in [-0.05, 0) is 43.7 Å². The van der Waals surface area contributed by atoms with Crippen molar-refractivity contribution in [1.82, 2.24) is 9.97 Å². The van der Waals surface area contributed by atoms with E-state index in [9.17, 15) is 4.79 Å². The smallest absolute Gasteiger partial charge is 0.237 e. The van der Waals surface area contributed by atoms with Crippen molar-refractivity contribution in [2.45, 2.75) is 25.4 Å². The number of imidazole rings is 1. The number of nitriles is 1. The molecule has 1 amide bonds. The Morgan fingerprint density at radius 3 is 2.65 bits per heavy atom. The molecule has 0 aliphatic heterocycles. The largest absolute Gasteiger partial charge is 0.333 e. The van der Waals surface area contributed by atoms with E-state index in [2.05, 4.69) is 16.0 Å². The van der Waals surface area contributed by atoms with Crippen LogP contribution in [0.25, 0.3) is 11.0 Å². The van der Waals surface area contributed by atoms with Crippen LogP contribution in [0.2, 0.25) is 0 Å². The van der Waals surface area contributed by atoms with Crippen LogP contribution < -0.4 is 4.90 Å². The van der Waals surface area contributed by atoms with Crippen LogP contribution in [0.15, 0.2) is 47.6 Å². The van der Waals surface area contributed by atoms with Crippen LogP contribution in [0.4, 0.5) is 5.69 Å². The van der Waals surface area contributed by atoms with Crippen molar-refractivity contribution >= 4 is 34.4 Å². The second-order valence-electron chi connectivity index (χ2n) is 6.14. The number of H-pyrrole nitrogens is 1. The molecule has 1 heterocycles. The standard InChI is InChI=1S/C20H20N4OS/c1-14-4-7-16(8-5-14)24(11-3-10-21)19(25)13-26-20-22-17-9-6-15(2)12-18(17)23-20/h4-9,12H,3,11,13H2,1-2H3,(H,22,23). The highest BCUT2D eigenvalue weighted by atomic mass is 32.2. The number of rotatable bonds is 6. The van der Waals surface area contributed by atoms with Gasteiger partial charge in [0, 0.05) is 12.2 Å². The first kappa shape index (κ1) is 18.0. The lowest BCUT2D eigenvalue weighted by atomic mass is 10.2. The van der Waals surface area contributed by atoms with Crippen LogP contribution in [0, 0.1) is 25.2 Å². The lowest BCUT2D eigenvalue weighted by Gasteiger charge is -2.21. The van der Waals surface area contributed by atoms with E-state index in [1.54, 1.807) is 4.90 Å². The Hall–Kier alpha value is -2.78. The number of amides is 1. The minimum absolute atomic E-state index is 0.0364. The fourth-order valence-corrected chi connectivity index (χ4v) is 3.42. The highest BCUT2D eigenvalue weighted by molar-refractivity contribution is 7.99. The van der Waals surface area contributed by atoms with Crippen LogP contribution in [-0.4, -0.2) is 28.2 Å². The molecular weight excluding hydrogens is 344 g/mol. The molecule has 132 valence electrons. The lowest BCUT2D eigenvalue weighted by Crippen LogP contribution is -2.33. The van der Waals surface area contributed by atoms with E-state index in [0.29, 0.717) is 13.0 Å². The molecule has 0 saturated carbocycles. The fourth-order valence-electron chi connectivity index (χ4n) is 2.66. The first-order chi connectivity index (χ1) is 12.6. The maximum Gasteiger partial charge on any atom is 0.237 e. The fraction of sp³-hybridized carbons (Fsp3) is 0.250. The summed E-state index contributed by atoms with van der Waals surface area (Å²) in [5.41, 5.74) is 4.98. The maximum atomic E-state index is 12.7. The molecule has 0 aliphatic carbocycles. The van der Waals surface area contributed by atoms with Gasteiger partial charge in [-0.15, -0.1) is 0 Å². The molecule has 1 N–H and O–H groups in total. The van der Waals surface area contributed by atoms with Crippen molar-refractivity contribution in [2.75, 3.05) is 17.2 Å². The van der Waals surface area contributed by atoms with Gasteiger partial charge in [0.1, 0.15) is 0 Å². The van der Waals surface area contributed by atoms with E-state index in [4.69, 9.17) is 5.26 Å². The normalized spacial score (nSPS) is 10.7. The number of anilines is 1. The lowest BCUT2D eigenvalue weighted by molar-refractivity contribution is -0.116. The molecule has 0 saturated heterocycles. The monoisotopic (exact) mass is 364 g/mol. The van der Waals surface area contributed by atoms with Gasteiger partial charge < -0.3 is 9.88 Å². The van der Waals surface area contributed by atoms with Gasteiger partial charge in [-0.3, -0.25) is 4.79 Å². The molecule has 3 aromatic rings. The molecule has 1 aromatic heterocycles. The van der Waals surface area contributed by atoms with Gasteiger partial charge in [0.2, 0.25) is 5.91 Å². The van der Waals surface area contributed by atoms with E-state index >= 15 is 0 Å². The molecule has 0 fully saturated rings. The summed E-state index contributed by atoms with van der Waals surface area (Å²) in [6.45, 7) is 4.42. The van der Waals surface area contributed by atoms with Gasteiger partial charge in [0.15, 0.2) is 5.16 Å². The van der Waals surface area contributed by atoms with E-state index in [0.717, 1.165) is 33.0 Å². The first-order valence-corrected chi connectivity index (χ1v) is 9.38. The maximum absolute atomic E-state index is 12.7. The van der Waals surface area contributed by atoms with Crippen LogP contribution in [-0.2, 0) is 4.79 Å². The Morgan fingerprint density at radius 2 is 1.92 bits per heavy atom. The minimum atomic E-state index is -0.0364. The molecule has 5 nitrogen and oxygen atoms in total. The number of thioether (sulfide) groups is 1. The number of carbonyl (C=O) groups is 1. The van der Waals surface area contributed by atoms with Gasteiger partial charge in [-0.1, -0.05) is 35.5 Å². The van der Waals surface area contributed by atoms with Crippen molar-refractivity contribution in [3.63, 3.8) is 0 Å². The van der Waals surface area contributed by atoms with Crippen LogP contribution in [0.5, 0.6) is 0 Å². The Balaban J connectivity index is 1.72. The number of hydrogen-bond acceptors (Lipinski definition) is 4. The van der Waals surface area contributed by atoms with Gasteiger partial charge >= 0.3 is 0 Å². The average molecular weight is 364 g/mol. The van der Waals surface area contributed by atoms with E-state index in [-0.39, 0.29) is 11.7 Å². The molecule has 2 aromatic carbocycles. The SMILES string of the molecule is Cc1ccc(N(CCC#N)C(=O)CSc2nc3ccc(C)cc3[nH]2)cc1. The van der Waals surface area contributed by atoms with Crippen molar-refractivity contribution in [3.8, 4) is 6.07 Å². The molecule has 0 spiro atoms.